The van der Waals surface area contributed by atoms with Crippen molar-refractivity contribution in [1.29, 1.82) is 0 Å². The highest BCUT2D eigenvalue weighted by Gasteiger charge is 2.54. The fourth-order valence-electron chi connectivity index (χ4n) is 2.94. The molecule has 0 aliphatic heterocycles. The molecule has 0 aliphatic carbocycles. The standard InChI is InChI=1S/C25H18F3O2S/c26-25(27,28)31(23-15-11-21(12-16-23)29-19-7-3-1-4-8-19)24-17-13-22(14-18-24)30-20-9-5-2-6-10-20/h1-18H/q+1. The Labute approximate surface area is 181 Å². The summed E-state index contributed by atoms with van der Waals surface area (Å²) in [7, 11) is -2.09. The molecule has 0 aliphatic rings. The van der Waals surface area contributed by atoms with Crippen LogP contribution in [0.5, 0.6) is 23.0 Å². The molecule has 0 fully saturated rings. The first-order valence-electron chi connectivity index (χ1n) is 9.46. The van der Waals surface area contributed by atoms with Crippen LogP contribution in [0.25, 0.3) is 0 Å². The molecule has 0 N–H and O–H groups in total. The van der Waals surface area contributed by atoms with Gasteiger partial charge < -0.3 is 9.47 Å². The van der Waals surface area contributed by atoms with Crippen molar-refractivity contribution in [3.8, 4) is 23.0 Å². The van der Waals surface area contributed by atoms with Gasteiger partial charge in [0, 0.05) is 0 Å². The number of rotatable bonds is 6. The molecule has 0 heterocycles. The molecule has 0 amide bonds. The lowest BCUT2D eigenvalue weighted by Gasteiger charge is -2.12. The van der Waals surface area contributed by atoms with Crippen molar-refractivity contribution in [2.75, 3.05) is 0 Å². The molecule has 31 heavy (non-hydrogen) atoms. The average molecular weight is 439 g/mol. The molecule has 4 aromatic carbocycles. The van der Waals surface area contributed by atoms with E-state index in [2.05, 4.69) is 0 Å². The van der Waals surface area contributed by atoms with Crippen LogP contribution in [0, 0.1) is 0 Å². The molecular formula is C25H18F3O2S+. The Morgan fingerprint density at radius 2 is 0.774 bits per heavy atom. The average Bonchev–Trinajstić information content (AvgIpc) is 2.77. The van der Waals surface area contributed by atoms with Crippen LogP contribution >= 0.6 is 0 Å². The van der Waals surface area contributed by atoms with E-state index in [1.165, 1.54) is 24.3 Å². The van der Waals surface area contributed by atoms with Crippen molar-refractivity contribution < 1.29 is 22.6 Å². The smallest absolute Gasteiger partial charge is 0.457 e. The zero-order valence-corrected chi connectivity index (χ0v) is 17.1. The van der Waals surface area contributed by atoms with E-state index in [0.717, 1.165) is 0 Å². The van der Waals surface area contributed by atoms with Gasteiger partial charge in [-0.25, -0.2) is 0 Å². The summed E-state index contributed by atoms with van der Waals surface area (Å²) in [6.07, 6.45) is 0. The van der Waals surface area contributed by atoms with Crippen molar-refractivity contribution >= 4 is 10.9 Å². The van der Waals surface area contributed by atoms with Crippen LogP contribution in [0.15, 0.2) is 119 Å². The first kappa shape index (κ1) is 20.9. The number of hydrogen-bond acceptors (Lipinski definition) is 2. The Morgan fingerprint density at radius 3 is 1.10 bits per heavy atom. The van der Waals surface area contributed by atoms with Crippen molar-refractivity contribution in [2.45, 2.75) is 15.3 Å². The molecule has 2 nitrogen and oxygen atoms in total. The molecular weight excluding hydrogens is 421 g/mol. The van der Waals surface area contributed by atoms with Crippen molar-refractivity contribution in [3.63, 3.8) is 0 Å². The molecule has 0 saturated carbocycles. The van der Waals surface area contributed by atoms with Crippen molar-refractivity contribution in [3.05, 3.63) is 109 Å². The van der Waals surface area contributed by atoms with Gasteiger partial charge in [-0.3, -0.25) is 0 Å². The van der Waals surface area contributed by atoms with Crippen LogP contribution in [0.1, 0.15) is 0 Å². The molecule has 0 unspecified atom stereocenters. The fourth-order valence-corrected chi connectivity index (χ4v) is 4.56. The molecule has 0 aromatic heterocycles. The van der Waals surface area contributed by atoms with Gasteiger partial charge in [0.2, 0.25) is 0 Å². The number of hydrogen-bond donors (Lipinski definition) is 0. The predicted octanol–water partition coefficient (Wildman–Crippen LogP) is 7.83. The Kier molecular flexibility index (Phi) is 6.18. The van der Waals surface area contributed by atoms with Gasteiger partial charge >= 0.3 is 5.51 Å². The van der Waals surface area contributed by atoms with Crippen molar-refractivity contribution in [2.24, 2.45) is 0 Å². The summed E-state index contributed by atoms with van der Waals surface area (Å²) in [6, 6.07) is 30.3. The number of halogens is 3. The maximum absolute atomic E-state index is 13.9. The molecule has 6 heteroatoms. The Bertz CT molecular complexity index is 1010. The first-order chi connectivity index (χ1) is 15.0. The molecule has 0 radical (unpaired) electrons. The van der Waals surface area contributed by atoms with E-state index in [9.17, 15) is 13.2 Å². The largest absolute Gasteiger partial charge is 0.586 e. The van der Waals surface area contributed by atoms with Gasteiger partial charge in [0.25, 0.3) is 0 Å². The van der Waals surface area contributed by atoms with Crippen LogP contribution in [0.2, 0.25) is 0 Å². The van der Waals surface area contributed by atoms with Crippen molar-refractivity contribution in [1.82, 2.24) is 0 Å². The topological polar surface area (TPSA) is 18.5 Å². The lowest BCUT2D eigenvalue weighted by atomic mass is 10.3. The predicted molar refractivity (Wildman–Crippen MR) is 116 cm³/mol. The number of alkyl halides is 3. The number of para-hydroxylation sites is 2. The number of ether oxygens (including phenoxy) is 2. The molecule has 0 saturated heterocycles. The maximum Gasteiger partial charge on any atom is 0.586 e. The summed E-state index contributed by atoms with van der Waals surface area (Å²) in [6.45, 7) is 0. The number of benzene rings is 4. The van der Waals surface area contributed by atoms with Gasteiger partial charge in [0.15, 0.2) is 20.7 Å². The van der Waals surface area contributed by atoms with E-state index in [0.29, 0.717) is 23.0 Å². The van der Waals surface area contributed by atoms with E-state index >= 15 is 0 Å². The zero-order chi connectivity index (χ0) is 21.7. The van der Waals surface area contributed by atoms with E-state index in [-0.39, 0.29) is 9.79 Å². The molecule has 0 bridgehead atoms. The minimum atomic E-state index is -4.41. The minimum absolute atomic E-state index is 0.171. The summed E-state index contributed by atoms with van der Waals surface area (Å²) in [5.74, 6) is 2.21. The summed E-state index contributed by atoms with van der Waals surface area (Å²) in [4.78, 5) is 0.342. The van der Waals surface area contributed by atoms with Crippen LogP contribution in [-0.4, -0.2) is 5.51 Å². The van der Waals surface area contributed by atoms with Crippen LogP contribution in [0.3, 0.4) is 0 Å². The summed E-state index contributed by atoms with van der Waals surface area (Å²) in [5.41, 5.74) is -4.41. The van der Waals surface area contributed by atoms with Crippen LogP contribution in [0.4, 0.5) is 13.2 Å². The molecule has 156 valence electrons. The molecule has 0 spiro atoms. The Hall–Kier alpha value is -3.38. The monoisotopic (exact) mass is 439 g/mol. The van der Waals surface area contributed by atoms with Crippen LogP contribution < -0.4 is 9.47 Å². The summed E-state index contributed by atoms with van der Waals surface area (Å²) in [5, 5.41) is 0. The lowest BCUT2D eigenvalue weighted by molar-refractivity contribution is -0.0371. The lowest BCUT2D eigenvalue weighted by Crippen LogP contribution is -2.24. The summed E-state index contributed by atoms with van der Waals surface area (Å²) < 4.78 is 53.2. The van der Waals surface area contributed by atoms with E-state index in [1.807, 2.05) is 36.4 Å². The highest BCUT2D eigenvalue weighted by molar-refractivity contribution is 7.97. The van der Waals surface area contributed by atoms with Gasteiger partial charge in [-0.1, -0.05) is 36.4 Å². The molecule has 4 rings (SSSR count). The van der Waals surface area contributed by atoms with Gasteiger partial charge in [0.1, 0.15) is 23.0 Å². The van der Waals surface area contributed by atoms with Gasteiger partial charge in [-0.2, -0.15) is 0 Å². The van der Waals surface area contributed by atoms with Crippen LogP contribution in [-0.2, 0) is 10.9 Å². The fraction of sp³-hybridized carbons (Fsp3) is 0.0400. The third-order valence-corrected chi connectivity index (χ3v) is 6.26. The maximum atomic E-state index is 13.9. The third kappa shape index (κ3) is 5.41. The van der Waals surface area contributed by atoms with E-state index < -0.39 is 16.4 Å². The molecule has 0 atom stereocenters. The van der Waals surface area contributed by atoms with Gasteiger partial charge in [-0.15, -0.1) is 13.2 Å². The summed E-state index contributed by atoms with van der Waals surface area (Å²) >= 11 is 0. The first-order valence-corrected chi connectivity index (χ1v) is 10.7. The second kappa shape index (κ2) is 9.18. The SMILES string of the molecule is FC(F)(F)[S+](c1ccc(Oc2ccccc2)cc1)c1ccc(Oc2ccccc2)cc1. The second-order valence-electron chi connectivity index (χ2n) is 6.52. The Balaban J connectivity index is 1.55. The van der Waals surface area contributed by atoms with E-state index in [1.54, 1.807) is 48.5 Å². The zero-order valence-electron chi connectivity index (χ0n) is 16.3. The minimum Gasteiger partial charge on any atom is -0.457 e. The third-order valence-electron chi connectivity index (χ3n) is 4.31. The van der Waals surface area contributed by atoms with Gasteiger partial charge in [0.05, 0.1) is 0 Å². The van der Waals surface area contributed by atoms with E-state index in [4.69, 9.17) is 9.47 Å². The Morgan fingerprint density at radius 1 is 0.452 bits per heavy atom. The highest BCUT2D eigenvalue weighted by Crippen LogP contribution is 2.39. The second-order valence-corrected chi connectivity index (χ2v) is 8.54. The molecule has 4 aromatic rings. The van der Waals surface area contributed by atoms with Gasteiger partial charge in [-0.05, 0) is 72.8 Å². The quantitative estimate of drug-likeness (QED) is 0.285. The highest BCUT2D eigenvalue weighted by atomic mass is 32.2. The normalized spacial score (nSPS) is 11.4.